The first kappa shape index (κ1) is 10.9. The van der Waals surface area contributed by atoms with Crippen LogP contribution in [0.4, 0.5) is 0 Å². The number of rotatable bonds is 1. The zero-order chi connectivity index (χ0) is 10.1. The third-order valence-corrected chi connectivity index (χ3v) is 3.84. The van der Waals surface area contributed by atoms with Crippen LogP contribution in [0.5, 0.6) is 0 Å². The summed E-state index contributed by atoms with van der Waals surface area (Å²) in [5.74, 6) is 0. The summed E-state index contributed by atoms with van der Waals surface area (Å²) in [6, 6.07) is 0. The van der Waals surface area contributed by atoms with E-state index in [1.807, 2.05) is 11.9 Å². The van der Waals surface area contributed by atoms with E-state index in [2.05, 4.69) is 0 Å². The Labute approximate surface area is 78.1 Å². The van der Waals surface area contributed by atoms with Crippen LogP contribution < -0.4 is 0 Å². The average molecular weight is 209 g/mol. The third-order valence-electron chi connectivity index (χ3n) is 2.47. The van der Waals surface area contributed by atoms with E-state index in [9.17, 15) is 13.5 Å². The lowest BCUT2D eigenvalue weighted by molar-refractivity contribution is 0.0975. The molecule has 0 aliphatic carbocycles. The second-order valence-corrected chi connectivity index (χ2v) is 5.29. The van der Waals surface area contributed by atoms with Crippen molar-refractivity contribution >= 4 is 10.1 Å². The number of hydrogen-bond donors (Lipinski definition) is 2. The lowest BCUT2D eigenvalue weighted by Gasteiger charge is -2.22. The number of nitrogens with zero attached hydrogens (tertiary/aromatic N) is 1. The van der Waals surface area contributed by atoms with Gasteiger partial charge in [0.2, 0.25) is 0 Å². The van der Waals surface area contributed by atoms with E-state index in [-0.39, 0.29) is 12.8 Å². The molecule has 0 bridgehead atoms. The molecule has 0 saturated carbocycles. The van der Waals surface area contributed by atoms with Gasteiger partial charge in [0.1, 0.15) is 0 Å². The summed E-state index contributed by atoms with van der Waals surface area (Å²) in [5, 5.41) is 9.64. The van der Waals surface area contributed by atoms with Crippen LogP contribution in [0.25, 0.3) is 0 Å². The predicted molar refractivity (Wildman–Crippen MR) is 47.8 cm³/mol. The smallest absolute Gasteiger partial charge is 0.295 e. The van der Waals surface area contributed by atoms with Crippen LogP contribution in [0, 0.1) is 0 Å². The van der Waals surface area contributed by atoms with E-state index in [0.29, 0.717) is 13.0 Å². The molecule has 1 aliphatic heterocycles. The van der Waals surface area contributed by atoms with Crippen molar-refractivity contribution in [3.63, 3.8) is 0 Å². The molecule has 1 fully saturated rings. The zero-order valence-corrected chi connectivity index (χ0v) is 8.42. The van der Waals surface area contributed by atoms with Crippen molar-refractivity contribution in [1.29, 1.82) is 0 Å². The summed E-state index contributed by atoms with van der Waals surface area (Å²) in [5.41, 5.74) is 0. The van der Waals surface area contributed by atoms with Crippen LogP contribution in [0.15, 0.2) is 0 Å². The fourth-order valence-corrected chi connectivity index (χ4v) is 2.24. The molecule has 1 atom stereocenters. The van der Waals surface area contributed by atoms with Gasteiger partial charge in [-0.15, -0.1) is 0 Å². The van der Waals surface area contributed by atoms with Crippen molar-refractivity contribution in [2.45, 2.75) is 24.2 Å². The molecule has 1 unspecified atom stereocenters. The fourth-order valence-electron chi connectivity index (χ4n) is 1.49. The second kappa shape index (κ2) is 3.53. The third kappa shape index (κ3) is 2.40. The largest absolute Gasteiger partial charge is 0.372 e. The standard InChI is InChI=1S/C7H15NO4S/c1-8-5-2-3-7(9,4-6-8)13(10,11)12/h9H,2-6H2,1H3,(H,10,11,12). The van der Waals surface area contributed by atoms with E-state index < -0.39 is 15.1 Å². The summed E-state index contributed by atoms with van der Waals surface area (Å²) < 4.78 is 30.5. The maximum Gasteiger partial charge on any atom is 0.295 e. The monoisotopic (exact) mass is 209 g/mol. The van der Waals surface area contributed by atoms with Crippen LogP contribution in [0.3, 0.4) is 0 Å². The van der Waals surface area contributed by atoms with Crippen LogP contribution >= 0.6 is 0 Å². The highest BCUT2D eigenvalue weighted by Gasteiger charge is 2.41. The zero-order valence-electron chi connectivity index (χ0n) is 7.60. The van der Waals surface area contributed by atoms with E-state index in [4.69, 9.17) is 4.55 Å². The first-order valence-electron chi connectivity index (χ1n) is 4.23. The van der Waals surface area contributed by atoms with Crippen LogP contribution in [0.2, 0.25) is 0 Å². The topological polar surface area (TPSA) is 77.8 Å². The van der Waals surface area contributed by atoms with Gasteiger partial charge in [-0.3, -0.25) is 4.55 Å². The molecule has 1 aliphatic rings. The number of likely N-dealkylation sites (tertiary alicyclic amines) is 1. The van der Waals surface area contributed by atoms with E-state index >= 15 is 0 Å². The Hall–Kier alpha value is -0.170. The second-order valence-electron chi connectivity index (χ2n) is 3.58. The van der Waals surface area contributed by atoms with Gasteiger partial charge in [-0.2, -0.15) is 8.42 Å². The fraction of sp³-hybridized carbons (Fsp3) is 1.00. The summed E-state index contributed by atoms with van der Waals surface area (Å²) in [4.78, 5) is 0.000903. The van der Waals surface area contributed by atoms with Crippen molar-refractivity contribution < 1.29 is 18.1 Å². The molecule has 2 N–H and O–H groups in total. The minimum atomic E-state index is -4.34. The number of aliphatic hydroxyl groups is 1. The maximum atomic E-state index is 10.9. The normalized spacial score (nSPS) is 32.8. The molecule has 0 amide bonds. The van der Waals surface area contributed by atoms with Crippen molar-refractivity contribution in [1.82, 2.24) is 4.90 Å². The molecule has 1 saturated heterocycles. The Morgan fingerprint density at radius 1 is 1.31 bits per heavy atom. The lowest BCUT2D eigenvalue weighted by Crippen LogP contribution is -2.38. The van der Waals surface area contributed by atoms with Crippen LogP contribution in [-0.2, 0) is 10.1 Å². The summed E-state index contributed by atoms with van der Waals surface area (Å²) in [6.45, 7) is 1.23. The minimum Gasteiger partial charge on any atom is -0.372 e. The van der Waals surface area contributed by atoms with Gasteiger partial charge in [0.05, 0.1) is 0 Å². The van der Waals surface area contributed by atoms with Gasteiger partial charge in [-0.05, 0) is 26.4 Å². The predicted octanol–water partition coefficient (Wildman–Crippen LogP) is -0.322. The maximum absolute atomic E-state index is 10.9. The molecular formula is C7H15NO4S. The van der Waals surface area contributed by atoms with Gasteiger partial charge >= 0.3 is 0 Å². The highest BCUT2D eigenvalue weighted by Crippen LogP contribution is 2.26. The van der Waals surface area contributed by atoms with Crippen LogP contribution in [-0.4, -0.2) is 48.0 Å². The molecule has 0 spiro atoms. The average Bonchev–Trinajstić information content (AvgIpc) is 2.13. The Balaban J connectivity index is 2.80. The first-order valence-corrected chi connectivity index (χ1v) is 5.67. The van der Waals surface area contributed by atoms with Crippen molar-refractivity contribution in [2.24, 2.45) is 0 Å². The molecule has 78 valence electrons. The molecule has 0 aromatic rings. The molecule has 1 rings (SSSR count). The molecule has 1 heterocycles. The van der Waals surface area contributed by atoms with E-state index in [0.717, 1.165) is 6.54 Å². The van der Waals surface area contributed by atoms with Gasteiger partial charge in [0.25, 0.3) is 10.1 Å². The summed E-state index contributed by atoms with van der Waals surface area (Å²) in [7, 11) is -2.49. The molecule has 6 heteroatoms. The lowest BCUT2D eigenvalue weighted by atomic mass is 10.1. The highest BCUT2D eigenvalue weighted by atomic mass is 32.2. The van der Waals surface area contributed by atoms with Crippen molar-refractivity contribution in [2.75, 3.05) is 20.1 Å². The SMILES string of the molecule is CN1CCCC(O)(S(=O)(=O)O)CC1. The van der Waals surface area contributed by atoms with Gasteiger partial charge in [-0.25, -0.2) is 0 Å². The van der Waals surface area contributed by atoms with E-state index in [1.54, 1.807) is 0 Å². The molecule has 13 heavy (non-hydrogen) atoms. The minimum absolute atomic E-state index is 0.0718. The molecule has 0 aromatic carbocycles. The Kier molecular flexibility index (Phi) is 2.96. The Bertz CT molecular complexity index is 276. The summed E-state index contributed by atoms with van der Waals surface area (Å²) >= 11 is 0. The molecule has 5 nitrogen and oxygen atoms in total. The highest BCUT2D eigenvalue weighted by molar-refractivity contribution is 7.87. The first-order chi connectivity index (χ1) is 5.85. The summed E-state index contributed by atoms with van der Waals surface area (Å²) in [6.07, 6.45) is 0.755. The van der Waals surface area contributed by atoms with Gasteiger partial charge in [0, 0.05) is 13.0 Å². The van der Waals surface area contributed by atoms with Crippen molar-refractivity contribution in [3.05, 3.63) is 0 Å². The Morgan fingerprint density at radius 3 is 2.46 bits per heavy atom. The quantitative estimate of drug-likeness (QED) is 0.579. The van der Waals surface area contributed by atoms with Gasteiger partial charge in [-0.1, -0.05) is 0 Å². The molecule has 0 aromatic heterocycles. The number of hydrogen-bond acceptors (Lipinski definition) is 4. The van der Waals surface area contributed by atoms with Gasteiger partial charge in [0.15, 0.2) is 4.93 Å². The van der Waals surface area contributed by atoms with E-state index in [1.165, 1.54) is 0 Å². The molecule has 0 radical (unpaired) electrons. The molecular weight excluding hydrogens is 194 g/mol. The Morgan fingerprint density at radius 2 is 1.92 bits per heavy atom. The van der Waals surface area contributed by atoms with Crippen molar-refractivity contribution in [3.8, 4) is 0 Å². The van der Waals surface area contributed by atoms with Gasteiger partial charge < -0.3 is 10.0 Å². The van der Waals surface area contributed by atoms with Crippen LogP contribution in [0.1, 0.15) is 19.3 Å².